The lowest BCUT2D eigenvalue weighted by molar-refractivity contribution is -0.00849. The fraction of sp³-hybridized carbons (Fsp3) is 1.00. The summed E-state index contributed by atoms with van der Waals surface area (Å²) < 4.78 is 40.2. The average Bonchev–Trinajstić information content (AvgIpc) is 2.43. The Bertz CT molecular complexity index is 360. The lowest BCUT2D eigenvalue weighted by Crippen LogP contribution is -2.61. The number of hydrogen-bond donors (Lipinski definition) is 0. The molecule has 124 valence electrons. The van der Waals surface area contributed by atoms with Gasteiger partial charge in [0.05, 0.1) is 24.7 Å². The Morgan fingerprint density at radius 3 is 2.05 bits per heavy atom. The summed E-state index contributed by atoms with van der Waals surface area (Å²) in [6.45, 7) is 0.794. The van der Waals surface area contributed by atoms with Crippen LogP contribution in [0.1, 0.15) is 0 Å². The van der Waals surface area contributed by atoms with E-state index in [1.807, 2.05) is 0 Å². The molecule has 3 saturated heterocycles. The van der Waals surface area contributed by atoms with Crippen LogP contribution in [0.15, 0.2) is 0 Å². The summed E-state index contributed by atoms with van der Waals surface area (Å²) in [6, 6.07) is 0. The number of hydrogen-bond acceptors (Lipinski definition) is 8. The van der Waals surface area contributed by atoms with E-state index in [9.17, 15) is 4.57 Å². The van der Waals surface area contributed by atoms with Crippen LogP contribution in [0.4, 0.5) is 0 Å². The molecule has 0 aromatic heterocycles. The van der Waals surface area contributed by atoms with Gasteiger partial charge in [0.1, 0.15) is 0 Å². The standard InChI is InChI=1S/C10H21ClNO6PSSi/c1-14-19(13,15-2)20-10(9-11)21-16-6-3-12(4-7-17-21)5-8-18-21/h10H,3-9H2,1-2H3. The lowest BCUT2D eigenvalue weighted by atomic mass is 10.4. The van der Waals surface area contributed by atoms with Gasteiger partial charge < -0.3 is 22.3 Å². The third kappa shape index (κ3) is 4.44. The van der Waals surface area contributed by atoms with Crippen LogP contribution in [0.2, 0.25) is 0 Å². The summed E-state index contributed by atoms with van der Waals surface area (Å²) in [6.07, 6.45) is 0. The zero-order valence-electron chi connectivity index (χ0n) is 12.2. The van der Waals surface area contributed by atoms with Gasteiger partial charge in [-0.05, 0) is 11.4 Å². The van der Waals surface area contributed by atoms with Gasteiger partial charge in [-0.1, -0.05) is 0 Å². The van der Waals surface area contributed by atoms with E-state index >= 15 is 0 Å². The zero-order chi connectivity index (χ0) is 15.3. The first kappa shape index (κ1) is 18.2. The summed E-state index contributed by atoms with van der Waals surface area (Å²) in [4.78, 5) is 1.84. The van der Waals surface area contributed by atoms with Crippen molar-refractivity contribution in [3.8, 4) is 0 Å². The Morgan fingerprint density at radius 1 is 1.19 bits per heavy atom. The van der Waals surface area contributed by atoms with Crippen molar-refractivity contribution in [1.82, 2.24) is 4.90 Å². The minimum atomic E-state index is -3.28. The predicted octanol–water partition coefficient (Wildman–Crippen LogP) is 1.58. The topological polar surface area (TPSA) is 66.5 Å². The van der Waals surface area contributed by atoms with E-state index in [1.54, 1.807) is 0 Å². The van der Waals surface area contributed by atoms with Crippen LogP contribution < -0.4 is 0 Å². The maximum absolute atomic E-state index is 12.4. The molecule has 0 spiro atoms. The summed E-state index contributed by atoms with van der Waals surface area (Å²) >= 11 is 7.11. The van der Waals surface area contributed by atoms with Gasteiger partial charge in [0.15, 0.2) is 0 Å². The smallest absolute Gasteiger partial charge is 0.371 e. The molecule has 0 amide bonds. The fourth-order valence-corrected chi connectivity index (χ4v) is 11.2. The Labute approximate surface area is 135 Å². The van der Waals surface area contributed by atoms with E-state index in [1.165, 1.54) is 14.2 Å². The Morgan fingerprint density at radius 2 is 1.67 bits per heavy atom. The summed E-state index contributed by atoms with van der Waals surface area (Å²) in [5.74, 6) is 0.192. The fourth-order valence-electron chi connectivity index (χ4n) is 2.19. The molecule has 0 saturated carbocycles. The second kappa shape index (κ2) is 8.10. The van der Waals surface area contributed by atoms with Crippen molar-refractivity contribution in [3.05, 3.63) is 0 Å². The molecule has 3 rings (SSSR count). The predicted molar refractivity (Wildman–Crippen MR) is 83.8 cm³/mol. The minimum absolute atomic E-state index is 0.192. The molecular formula is C10H21ClNO6PSSi. The third-order valence-electron chi connectivity index (χ3n) is 3.37. The molecule has 3 aliphatic heterocycles. The van der Waals surface area contributed by atoms with Crippen molar-refractivity contribution in [2.75, 3.05) is 59.6 Å². The first-order chi connectivity index (χ1) is 10.1. The van der Waals surface area contributed by atoms with Crippen LogP contribution in [0, 0.1) is 0 Å². The Kier molecular flexibility index (Phi) is 7.01. The monoisotopic (exact) mass is 377 g/mol. The van der Waals surface area contributed by atoms with Gasteiger partial charge in [-0.15, -0.1) is 11.6 Å². The highest BCUT2D eigenvalue weighted by atomic mass is 35.5. The normalized spacial score (nSPS) is 32.2. The van der Waals surface area contributed by atoms with Crippen molar-refractivity contribution in [2.24, 2.45) is 0 Å². The SMILES string of the molecule is COP(=O)(OC)SC(CCl)[Si]12OCCN(CCO1)CCO2. The molecular weight excluding hydrogens is 357 g/mol. The molecule has 1 unspecified atom stereocenters. The first-order valence-electron chi connectivity index (χ1n) is 6.67. The van der Waals surface area contributed by atoms with Crippen molar-refractivity contribution in [3.63, 3.8) is 0 Å². The lowest BCUT2D eigenvalue weighted by Gasteiger charge is -2.41. The molecule has 2 bridgehead atoms. The van der Waals surface area contributed by atoms with E-state index in [2.05, 4.69) is 4.90 Å². The number of alkyl halides is 1. The maximum atomic E-state index is 12.4. The van der Waals surface area contributed by atoms with Gasteiger partial charge in [0, 0.05) is 39.7 Å². The van der Waals surface area contributed by atoms with E-state index in [0.717, 1.165) is 31.0 Å². The van der Waals surface area contributed by atoms with Crippen LogP contribution in [-0.2, 0) is 26.9 Å². The van der Waals surface area contributed by atoms with Gasteiger partial charge in [-0.2, -0.15) is 0 Å². The molecule has 3 fully saturated rings. The third-order valence-corrected chi connectivity index (χ3v) is 12.8. The molecule has 7 nitrogen and oxygen atoms in total. The average molecular weight is 378 g/mol. The van der Waals surface area contributed by atoms with E-state index in [4.69, 9.17) is 33.9 Å². The summed E-state index contributed by atoms with van der Waals surface area (Å²) in [5.41, 5.74) is 0. The molecule has 1 atom stereocenters. The van der Waals surface area contributed by atoms with Gasteiger partial charge in [-0.3, -0.25) is 4.90 Å². The number of halogens is 1. The molecule has 3 aliphatic rings. The van der Waals surface area contributed by atoms with Crippen molar-refractivity contribution < 1.29 is 26.9 Å². The Hall–Kier alpha value is 0.847. The number of fused-ring (bicyclic) bond motifs is 6. The summed E-state index contributed by atoms with van der Waals surface area (Å²) in [5, 5.41) is 0. The van der Waals surface area contributed by atoms with E-state index in [-0.39, 0.29) is 5.88 Å². The van der Waals surface area contributed by atoms with Crippen LogP contribution in [0.25, 0.3) is 0 Å². The van der Waals surface area contributed by atoms with Gasteiger partial charge in [-0.25, -0.2) is 4.57 Å². The van der Waals surface area contributed by atoms with Crippen LogP contribution in [-0.4, -0.2) is 78.1 Å². The first-order valence-corrected chi connectivity index (χ1v) is 12.0. The summed E-state index contributed by atoms with van der Waals surface area (Å²) in [7, 11) is -0.335. The number of rotatable bonds is 6. The second-order valence-corrected chi connectivity index (χ2v) is 12.4. The van der Waals surface area contributed by atoms with Crippen LogP contribution in [0.5, 0.6) is 0 Å². The number of nitrogens with zero attached hydrogens (tertiary/aromatic N) is 1. The van der Waals surface area contributed by atoms with Crippen molar-refractivity contribution in [2.45, 2.75) is 4.87 Å². The second-order valence-electron chi connectivity index (χ2n) is 4.55. The zero-order valence-corrected chi connectivity index (χ0v) is 15.6. The minimum Gasteiger partial charge on any atom is -0.371 e. The van der Waals surface area contributed by atoms with E-state index in [0.29, 0.717) is 19.8 Å². The Balaban J connectivity index is 2.18. The van der Waals surface area contributed by atoms with Crippen molar-refractivity contribution in [1.29, 1.82) is 0 Å². The molecule has 0 radical (unpaired) electrons. The van der Waals surface area contributed by atoms with E-state index < -0.39 is 20.5 Å². The molecule has 0 aromatic carbocycles. The molecule has 21 heavy (non-hydrogen) atoms. The quantitative estimate of drug-likeness (QED) is 0.393. The van der Waals surface area contributed by atoms with Gasteiger partial charge >= 0.3 is 15.6 Å². The van der Waals surface area contributed by atoms with Gasteiger partial charge in [0.25, 0.3) is 0 Å². The highest BCUT2D eigenvalue weighted by molar-refractivity contribution is 8.56. The highest BCUT2D eigenvalue weighted by Crippen LogP contribution is 2.62. The molecule has 11 heteroatoms. The van der Waals surface area contributed by atoms with Crippen LogP contribution in [0.3, 0.4) is 0 Å². The molecule has 0 N–H and O–H groups in total. The molecule has 0 aromatic rings. The highest BCUT2D eigenvalue weighted by Gasteiger charge is 2.54. The largest absolute Gasteiger partial charge is 0.516 e. The maximum Gasteiger partial charge on any atom is 0.516 e. The van der Waals surface area contributed by atoms with Gasteiger partial charge in [0.2, 0.25) is 0 Å². The molecule has 3 heterocycles. The van der Waals surface area contributed by atoms with Crippen LogP contribution >= 0.6 is 29.8 Å². The molecule has 0 aliphatic carbocycles. The van der Waals surface area contributed by atoms with Crippen molar-refractivity contribution >= 4 is 38.6 Å².